The van der Waals surface area contributed by atoms with E-state index in [4.69, 9.17) is 4.74 Å². The van der Waals surface area contributed by atoms with E-state index in [9.17, 15) is 5.11 Å². The van der Waals surface area contributed by atoms with Gasteiger partial charge in [0, 0.05) is 6.42 Å². The summed E-state index contributed by atoms with van der Waals surface area (Å²) in [6.45, 7) is 8.04. The van der Waals surface area contributed by atoms with Gasteiger partial charge in [-0.15, -0.1) is 6.58 Å². The normalized spacial score (nSPS) is 34.9. The number of aliphatic hydroxyl groups excluding tert-OH is 1. The van der Waals surface area contributed by atoms with Gasteiger partial charge in [-0.3, -0.25) is 0 Å². The molecule has 0 bridgehead atoms. The van der Waals surface area contributed by atoms with E-state index in [0.29, 0.717) is 12.3 Å². The zero-order valence-electron chi connectivity index (χ0n) is 8.57. The topological polar surface area (TPSA) is 29.5 Å². The molecule has 1 N–H and O–H groups in total. The Bertz CT molecular complexity index is 163. The SMILES string of the molecule is C=C[C@H]1C[C@H](O)C[C@H](CC(C)C)O1. The average Bonchev–Trinajstić information content (AvgIpc) is 2.01. The monoisotopic (exact) mass is 184 g/mol. The molecule has 76 valence electrons. The van der Waals surface area contributed by atoms with E-state index < -0.39 is 0 Å². The third kappa shape index (κ3) is 3.49. The summed E-state index contributed by atoms with van der Waals surface area (Å²) in [5.41, 5.74) is 0. The molecule has 0 saturated carbocycles. The second kappa shape index (κ2) is 4.77. The molecule has 13 heavy (non-hydrogen) atoms. The molecular formula is C11H20O2. The van der Waals surface area contributed by atoms with E-state index in [2.05, 4.69) is 20.4 Å². The van der Waals surface area contributed by atoms with Crippen molar-refractivity contribution in [2.24, 2.45) is 5.92 Å². The fraction of sp³-hybridized carbons (Fsp3) is 0.818. The molecule has 1 aliphatic heterocycles. The summed E-state index contributed by atoms with van der Waals surface area (Å²) >= 11 is 0. The Morgan fingerprint density at radius 1 is 1.54 bits per heavy atom. The Morgan fingerprint density at radius 3 is 2.77 bits per heavy atom. The molecule has 0 aromatic carbocycles. The van der Waals surface area contributed by atoms with E-state index in [1.54, 1.807) is 6.08 Å². The van der Waals surface area contributed by atoms with Crippen molar-refractivity contribution < 1.29 is 9.84 Å². The lowest BCUT2D eigenvalue weighted by atomic mass is 9.95. The molecule has 2 heteroatoms. The van der Waals surface area contributed by atoms with Gasteiger partial charge in [0.25, 0.3) is 0 Å². The van der Waals surface area contributed by atoms with E-state index >= 15 is 0 Å². The van der Waals surface area contributed by atoms with Crippen molar-refractivity contribution in [3.63, 3.8) is 0 Å². The Kier molecular flexibility index (Phi) is 3.94. The summed E-state index contributed by atoms with van der Waals surface area (Å²) in [5.74, 6) is 0.626. The molecule has 0 spiro atoms. The smallest absolute Gasteiger partial charge is 0.0781 e. The first kappa shape index (κ1) is 10.7. The van der Waals surface area contributed by atoms with Crippen LogP contribution in [0.1, 0.15) is 33.1 Å². The van der Waals surface area contributed by atoms with Crippen LogP contribution >= 0.6 is 0 Å². The minimum absolute atomic E-state index is 0.0486. The highest BCUT2D eigenvalue weighted by Crippen LogP contribution is 2.24. The van der Waals surface area contributed by atoms with Crippen LogP contribution < -0.4 is 0 Å². The molecule has 3 atom stereocenters. The number of hydrogen-bond donors (Lipinski definition) is 1. The van der Waals surface area contributed by atoms with Gasteiger partial charge in [0.2, 0.25) is 0 Å². The molecule has 0 unspecified atom stereocenters. The molecule has 1 fully saturated rings. The second-order valence-electron chi connectivity index (χ2n) is 4.29. The summed E-state index contributed by atoms with van der Waals surface area (Å²) in [6.07, 6.45) is 4.36. The van der Waals surface area contributed by atoms with Crippen molar-refractivity contribution in [2.45, 2.75) is 51.4 Å². The van der Waals surface area contributed by atoms with Gasteiger partial charge < -0.3 is 9.84 Å². The molecule has 0 amide bonds. The highest BCUT2D eigenvalue weighted by Gasteiger charge is 2.26. The lowest BCUT2D eigenvalue weighted by Crippen LogP contribution is -2.35. The summed E-state index contributed by atoms with van der Waals surface area (Å²) in [6, 6.07) is 0. The minimum atomic E-state index is -0.208. The number of ether oxygens (including phenoxy) is 1. The lowest BCUT2D eigenvalue weighted by Gasteiger charge is -2.32. The molecule has 1 saturated heterocycles. The largest absolute Gasteiger partial charge is 0.393 e. The molecule has 2 nitrogen and oxygen atoms in total. The van der Waals surface area contributed by atoms with Crippen molar-refractivity contribution in [2.75, 3.05) is 0 Å². The standard InChI is InChI=1S/C11H20O2/c1-4-10-6-9(12)7-11(13-10)5-8(2)3/h4,8-12H,1,5-7H2,2-3H3/t9-,10-,11-/m0/s1. The van der Waals surface area contributed by atoms with Crippen molar-refractivity contribution in [3.8, 4) is 0 Å². The van der Waals surface area contributed by atoms with Crippen LogP contribution in [0.3, 0.4) is 0 Å². The summed E-state index contributed by atoms with van der Waals surface area (Å²) < 4.78 is 5.74. The average molecular weight is 184 g/mol. The zero-order valence-corrected chi connectivity index (χ0v) is 8.57. The highest BCUT2D eigenvalue weighted by molar-refractivity contribution is 4.88. The van der Waals surface area contributed by atoms with E-state index in [1.165, 1.54) is 0 Å². The first-order chi connectivity index (χ1) is 6.11. The maximum Gasteiger partial charge on any atom is 0.0781 e. The van der Waals surface area contributed by atoms with Crippen LogP contribution in [0.15, 0.2) is 12.7 Å². The minimum Gasteiger partial charge on any atom is -0.393 e. The molecule has 0 radical (unpaired) electrons. The molecule has 1 aliphatic rings. The van der Waals surface area contributed by atoms with Gasteiger partial charge in [0.1, 0.15) is 0 Å². The fourth-order valence-electron chi connectivity index (χ4n) is 1.86. The van der Waals surface area contributed by atoms with Crippen LogP contribution in [0.4, 0.5) is 0 Å². The van der Waals surface area contributed by atoms with Crippen LogP contribution in [0.2, 0.25) is 0 Å². The first-order valence-corrected chi connectivity index (χ1v) is 5.08. The fourth-order valence-corrected chi connectivity index (χ4v) is 1.86. The number of aliphatic hydroxyl groups is 1. The van der Waals surface area contributed by atoms with Gasteiger partial charge in [-0.05, 0) is 18.8 Å². The Labute approximate surface area is 80.6 Å². The van der Waals surface area contributed by atoms with Crippen LogP contribution in [0.25, 0.3) is 0 Å². The zero-order chi connectivity index (χ0) is 9.84. The number of rotatable bonds is 3. The van der Waals surface area contributed by atoms with Gasteiger partial charge >= 0.3 is 0 Å². The highest BCUT2D eigenvalue weighted by atomic mass is 16.5. The molecule has 0 aliphatic carbocycles. The van der Waals surface area contributed by atoms with E-state index in [0.717, 1.165) is 12.8 Å². The summed E-state index contributed by atoms with van der Waals surface area (Å²) in [5, 5.41) is 9.57. The van der Waals surface area contributed by atoms with Crippen LogP contribution in [0, 0.1) is 5.92 Å². The van der Waals surface area contributed by atoms with E-state index in [-0.39, 0.29) is 18.3 Å². The quantitative estimate of drug-likeness (QED) is 0.681. The van der Waals surface area contributed by atoms with Crippen molar-refractivity contribution >= 4 is 0 Å². The first-order valence-electron chi connectivity index (χ1n) is 5.08. The van der Waals surface area contributed by atoms with Gasteiger partial charge in [0.05, 0.1) is 18.3 Å². The van der Waals surface area contributed by atoms with Crippen molar-refractivity contribution in [1.29, 1.82) is 0 Å². The van der Waals surface area contributed by atoms with Gasteiger partial charge in [0.15, 0.2) is 0 Å². The Balaban J connectivity index is 2.42. The predicted octanol–water partition coefficient (Wildman–Crippen LogP) is 2.13. The Morgan fingerprint density at radius 2 is 2.23 bits per heavy atom. The third-order valence-corrected chi connectivity index (χ3v) is 2.40. The van der Waals surface area contributed by atoms with Crippen LogP contribution in [-0.2, 0) is 4.74 Å². The summed E-state index contributed by atoms with van der Waals surface area (Å²) in [4.78, 5) is 0. The van der Waals surface area contributed by atoms with Crippen molar-refractivity contribution in [1.82, 2.24) is 0 Å². The number of hydrogen-bond acceptors (Lipinski definition) is 2. The van der Waals surface area contributed by atoms with Gasteiger partial charge in [-0.2, -0.15) is 0 Å². The lowest BCUT2D eigenvalue weighted by molar-refractivity contribution is -0.0822. The molecule has 0 aromatic heterocycles. The van der Waals surface area contributed by atoms with Crippen LogP contribution in [-0.4, -0.2) is 23.4 Å². The molecule has 1 rings (SSSR count). The van der Waals surface area contributed by atoms with Gasteiger partial charge in [-0.1, -0.05) is 19.9 Å². The van der Waals surface area contributed by atoms with Crippen molar-refractivity contribution in [3.05, 3.63) is 12.7 Å². The predicted molar refractivity (Wildman–Crippen MR) is 53.6 cm³/mol. The molecule has 0 aromatic rings. The van der Waals surface area contributed by atoms with E-state index in [1.807, 2.05) is 0 Å². The third-order valence-electron chi connectivity index (χ3n) is 2.40. The molecule has 1 heterocycles. The van der Waals surface area contributed by atoms with Crippen LogP contribution in [0.5, 0.6) is 0 Å². The van der Waals surface area contributed by atoms with Gasteiger partial charge in [-0.25, -0.2) is 0 Å². The second-order valence-corrected chi connectivity index (χ2v) is 4.29. The maximum atomic E-state index is 9.57. The maximum absolute atomic E-state index is 9.57. The summed E-state index contributed by atoms with van der Waals surface area (Å²) in [7, 11) is 0. The Hall–Kier alpha value is -0.340. The molecular weight excluding hydrogens is 164 g/mol.